The predicted octanol–water partition coefficient (Wildman–Crippen LogP) is 3.84. The van der Waals surface area contributed by atoms with Crippen LogP contribution in [0.1, 0.15) is 37.8 Å². The van der Waals surface area contributed by atoms with E-state index in [1.807, 2.05) is 25.1 Å². The number of thioether (sulfide) groups is 1. The molecule has 0 aliphatic heterocycles. The zero-order valence-electron chi connectivity index (χ0n) is 13.6. The fourth-order valence-corrected chi connectivity index (χ4v) is 4.18. The lowest BCUT2D eigenvalue weighted by atomic mass is 10.2. The number of rotatable bonds is 7. The number of H-pyrrole nitrogens is 1. The molecule has 0 saturated carbocycles. The van der Waals surface area contributed by atoms with Gasteiger partial charge in [-0.2, -0.15) is 0 Å². The highest BCUT2D eigenvalue weighted by Gasteiger charge is 2.15. The average molecular weight is 361 g/mol. The molecule has 0 aliphatic rings. The fraction of sp³-hybridized carbons (Fsp3) is 0.375. The molecule has 0 fully saturated rings. The number of unbranched alkanes of at least 4 members (excludes halogenated alkanes) is 1. The third kappa shape index (κ3) is 3.93. The maximum atomic E-state index is 12.2. The molecule has 126 valence electrons. The van der Waals surface area contributed by atoms with Crippen LogP contribution >= 0.6 is 23.1 Å². The Morgan fingerprint density at radius 2 is 2.17 bits per heavy atom. The molecule has 8 heteroatoms. The summed E-state index contributed by atoms with van der Waals surface area (Å²) in [7, 11) is 0. The van der Waals surface area contributed by atoms with Crippen molar-refractivity contribution in [3.05, 3.63) is 40.4 Å². The molecule has 0 spiro atoms. The highest BCUT2D eigenvalue weighted by atomic mass is 32.2. The van der Waals surface area contributed by atoms with Crippen LogP contribution in [0.25, 0.3) is 10.9 Å². The molecular weight excluding hydrogens is 342 g/mol. The summed E-state index contributed by atoms with van der Waals surface area (Å²) in [5, 5.41) is 13.0. The second kappa shape index (κ2) is 7.76. The largest absolute Gasteiger partial charge is 0.360 e. The minimum atomic E-state index is -0.109. The van der Waals surface area contributed by atoms with E-state index in [2.05, 4.69) is 32.4 Å². The van der Waals surface area contributed by atoms with E-state index in [4.69, 9.17) is 0 Å². The summed E-state index contributed by atoms with van der Waals surface area (Å²) < 4.78 is 0.859. The maximum absolute atomic E-state index is 12.2. The third-order valence-electron chi connectivity index (χ3n) is 3.51. The zero-order chi connectivity index (χ0) is 16.9. The second-order valence-corrected chi connectivity index (χ2v) is 7.95. The van der Waals surface area contributed by atoms with Gasteiger partial charge in [-0.15, -0.1) is 10.2 Å². The van der Waals surface area contributed by atoms with Gasteiger partial charge < -0.3 is 10.3 Å². The lowest BCUT2D eigenvalue weighted by Crippen LogP contribution is -2.12. The van der Waals surface area contributed by atoms with Crippen LogP contribution in [0, 0.1) is 0 Å². The van der Waals surface area contributed by atoms with Crippen molar-refractivity contribution in [1.29, 1.82) is 0 Å². The first-order valence-electron chi connectivity index (χ1n) is 7.90. The van der Waals surface area contributed by atoms with Gasteiger partial charge in [0.15, 0.2) is 4.34 Å². The lowest BCUT2D eigenvalue weighted by molar-refractivity contribution is 0.830. The maximum Gasteiger partial charge on any atom is 0.258 e. The number of benzene rings is 1. The molecule has 0 radical (unpaired) electrons. The topological polar surface area (TPSA) is 83.6 Å². The summed E-state index contributed by atoms with van der Waals surface area (Å²) in [5.74, 6) is 0.652. The van der Waals surface area contributed by atoms with Crippen LogP contribution in [0.5, 0.6) is 0 Å². The van der Waals surface area contributed by atoms with Gasteiger partial charge in [-0.05, 0) is 25.5 Å². The Morgan fingerprint density at radius 1 is 1.33 bits per heavy atom. The van der Waals surface area contributed by atoms with Gasteiger partial charge in [0.25, 0.3) is 5.56 Å². The molecule has 3 rings (SSSR count). The van der Waals surface area contributed by atoms with E-state index < -0.39 is 0 Å². The van der Waals surface area contributed by atoms with Gasteiger partial charge in [-0.3, -0.25) is 4.79 Å². The van der Waals surface area contributed by atoms with Gasteiger partial charge in [0, 0.05) is 6.54 Å². The molecule has 2 aromatic heterocycles. The first-order chi connectivity index (χ1) is 11.7. The number of fused-ring (bicyclic) bond motifs is 1. The van der Waals surface area contributed by atoms with Crippen molar-refractivity contribution in [1.82, 2.24) is 20.2 Å². The fourth-order valence-electron chi connectivity index (χ4n) is 2.21. The minimum absolute atomic E-state index is 0.0150. The molecule has 2 heterocycles. The lowest BCUT2D eigenvalue weighted by Gasteiger charge is -2.08. The summed E-state index contributed by atoms with van der Waals surface area (Å²) in [4.78, 5) is 19.6. The van der Waals surface area contributed by atoms with Crippen molar-refractivity contribution in [3.8, 4) is 0 Å². The zero-order valence-corrected chi connectivity index (χ0v) is 15.2. The highest BCUT2D eigenvalue weighted by molar-refractivity contribution is 8.01. The number of nitrogens with zero attached hydrogens (tertiary/aromatic N) is 3. The van der Waals surface area contributed by atoms with E-state index in [0.717, 1.165) is 28.9 Å². The number of nitrogens with one attached hydrogen (secondary N) is 2. The molecular formula is C16H19N5OS2. The average Bonchev–Trinajstić information content (AvgIpc) is 3.02. The van der Waals surface area contributed by atoms with Gasteiger partial charge in [0.1, 0.15) is 5.82 Å². The summed E-state index contributed by atoms with van der Waals surface area (Å²) in [5.41, 5.74) is 0.602. The van der Waals surface area contributed by atoms with E-state index in [-0.39, 0.29) is 10.8 Å². The Bertz CT molecular complexity index is 876. The van der Waals surface area contributed by atoms with Crippen LogP contribution in [0.3, 0.4) is 0 Å². The number of para-hydroxylation sites is 1. The van der Waals surface area contributed by atoms with Crippen molar-refractivity contribution < 1.29 is 0 Å². The van der Waals surface area contributed by atoms with Crippen LogP contribution < -0.4 is 10.9 Å². The number of hydrogen-bond acceptors (Lipinski definition) is 7. The highest BCUT2D eigenvalue weighted by Crippen LogP contribution is 2.35. The first kappa shape index (κ1) is 16.9. The Labute approximate surface area is 148 Å². The van der Waals surface area contributed by atoms with Crippen LogP contribution in [-0.4, -0.2) is 26.7 Å². The number of aromatic amines is 1. The van der Waals surface area contributed by atoms with Gasteiger partial charge in [0.2, 0.25) is 5.13 Å². The Hall–Kier alpha value is -1.93. The minimum Gasteiger partial charge on any atom is -0.360 e. The quantitative estimate of drug-likeness (QED) is 0.491. The molecule has 0 saturated heterocycles. The molecule has 1 unspecified atom stereocenters. The van der Waals surface area contributed by atoms with Gasteiger partial charge in [-0.25, -0.2) is 4.98 Å². The predicted molar refractivity (Wildman–Crippen MR) is 99.9 cm³/mol. The Kier molecular flexibility index (Phi) is 5.47. The van der Waals surface area contributed by atoms with Crippen LogP contribution in [0.15, 0.2) is 33.4 Å². The first-order valence-corrected chi connectivity index (χ1v) is 9.60. The summed E-state index contributed by atoms with van der Waals surface area (Å²) in [6, 6.07) is 7.36. The standard InChI is InChI=1S/C16H19N5OS2/c1-3-4-9-17-15-20-21-16(24-15)23-10(2)13-18-12-8-6-5-7-11(12)14(22)19-13/h5-8,10H,3-4,9H2,1-2H3,(H,17,20)(H,18,19,22). The molecule has 0 aliphatic carbocycles. The van der Waals surface area contributed by atoms with Crippen LogP contribution in [0.4, 0.5) is 5.13 Å². The second-order valence-electron chi connectivity index (χ2n) is 5.38. The van der Waals surface area contributed by atoms with Crippen LogP contribution in [0.2, 0.25) is 0 Å². The van der Waals surface area contributed by atoms with E-state index in [0.29, 0.717) is 16.7 Å². The van der Waals surface area contributed by atoms with Gasteiger partial charge >= 0.3 is 0 Å². The van der Waals surface area contributed by atoms with Crippen molar-refractivity contribution in [2.24, 2.45) is 0 Å². The van der Waals surface area contributed by atoms with E-state index in [9.17, 15) is 4.79 Å². The monoisotopic (exact) mass is 361 g/mol. The van der Waals surface area contributed by atoms with Crippen molar-refractivity contribution >= 4 is 39.1 Å². The van der Waals surface area contributed by atoms with Gasteiger partial charge in [-0.1, -0.05) is 48.6 Å². The molecule has 1 atom stereocenters. The Morgan fingerprint density at radius 3 is 3.00 bits per heavy atom. The number of hydrogen-bond donors (Lipinski definition) is 2. The van der Waals surface area contributed by atoms with Crippen LogP contribution in [-0.2, 0) is 0 Å². The van der Waals surface area contributed by atoms with E-state index in [1.54, 1.807) is 17.8 Å². The molecule has 24 heavy (non-hydrogen) atoms. The van der Waals surface area contributed by atoms with E-state index in [1.165, 1.54) is 11.3 Å². The number of anilines is 1. The smallest absolute Gasteiger partial charge is 0.258 e. The van der Waals surface area contributed by atoms with Gasteiger partial charge in [0.05, 0.1) is 16.2 Å². The number of aromatic nitrogens is 4. The molecule has 1 aromatic carbocycles. The molecule has 3 aromatic rings. The summed E-state index contributed by atoms with van der Waals surface area (Å²) >= 11 is 3.07. The molecule has 2 N–H and O–H groups in total. The molecule has 6 nitrogen and oxygen atoms in total. The third-order valence-corrected chi connectivity index (χ3v) is 5.58. The summed E-state index contributed by atoms with van der Waals surface area (Å²) in [6.07, 6.45) is 2.26. The molecule has 0 amide bonds. The SMILES string of the molecule is CCCCNc1nnc(SC(C)c2nc3ccccc3c(=O)[nH]2)s1. The summed E-state index contributed by atoms with van der Waals surface area (Å²) in [6.45, 7) is 5.07. The van der Waals surface area contributed by atoms with E-state index >= 15 is 0 Å². The molecule has 0 bridgehead atoms. The van der Waals surface area contributed by atoms with Crippen molar-refractivity contribution in [2.75, 3.05) is 11.9 Å². The Balaban J connectivity index is 1.73. The van der Waals surface area contributed by atoms with Crippen molar-refractivity contribution in [2.45, 2.75) is 36.3 Å². The van der Waals surface area contributed by atoms with Crippen molar-refractivity contribution in [3.63, 3.8) is 0 Å². The normalized spacial score (nSPS) is 12.4.